The highest BCUT2D eigenvalue weighted by molar-refractivity contribution is 7.13. The van der Waals surface area contributed by atoms with E-state index in [0.717, 1.165) is 16.3 Å². The number of nitriles is 1. The van der Waals surface area contributed by atoms with Gasteiger partial charge in [-0.3, -0.25) is 4.79 Å². The molecule has 3 rings (SSSR count). The van der Waals surface area contributed by atoms with Crippen LogP contribution in [0.25, 0.3) is 10.6 Å². The second-order valence-corrected chi connectivity index (χ2v) is 5.79. The van der Waals surface area contributed by atoms with Crippen LogP contribution in [0.5, 0.6) is 0 Å². The Morgan fingerprint density at radius 2 is 2.17 bits per heavy atom. The fraction of sp³-hybridized carbons (Fsp3) is 0.118. The smallest absolute Gasteiger partial charge is 0.267 e. The summed E-state index contributed by atoms with van der Waals surface area (Å²) in [5.74, 6) is -0.218. The minimum atomic E-state index is -0.218. The number of amides is 1. The Morgan fingerprint density at radius 3 is 2.91 bits per heavy atom. The molecule has 0 spiro atoms. The number of H-pyrrole nitrogens is 1. The predicted molar refractivity (Wildman–Crippen MR) is 89.1 cm³/mol. The maximum Gasteiger partial charge on any atom is 0.267 e. The second kappa shape index (κ2) is 6.90. The number of hydrogen-bond acceptors (Lipinski definition) is 4. The quantitative estimate of drug-likeness (QED) is 0.757. The summed E-state index contributed by atoms with van der Waals surface area (Å²) >= 11 is 1.60. The highest BCUT2D eigenvalue weighted by atomic mass is 32.1. The van der Waals surface area contributed by atoms with Crippen molar-refractivity contribution in [3.63, 3.8) is 0 Å². The Labute approximate surface area is 137 Å². The van der Waals surface area contributed by atoms with Gasteiger partial charge in [-0.25, -0.2) is 4.98 Å². The Bertz CT molecular complexity index is 845. The number of carbonyl (C=O) groups excluding carboxylic acids is 1. The Balaban J connectivity index is 1.54. The molecule has 0 atom stereocenters. The van der Waals surface area contributed by atoms with Crippen molar-refractivity contribution < 1.29 is 4.79 Å². The average molecular weight is 322 g/mol. The van der Waals surface area contributed by atoms with Crippen LogP contribution in [0.1, 0.15) is 21.7 Å². The monoisotopic (exact) mass is 322 g/mol. The average Bonchev–Trinajstić information content (AvgIpc) is 3.25. The number of carbonyl (C=O) groups is 1. The van der Waals surface area contributed by atoms with Gasteiger partial charge in [-0.1, -0.05) is 30.3 Å². The minimum Gasteiger partial charge on any atom is -0.356 e. The van der Waals surface area contributed by atoms with Gasteiger partial charge >= 0.3 is 0 Å². The number of rotatable bonds is 5. The second-order valence-electron chi connectivity index (χ2n) is 4.93. The summed E-state index contributed by atoms with van der Waals surface area (Å²) in [5.41, 5.74) is 2.90. The van der Waals surface area contributed by atoms with Crippen molar-refractivity contribution in [2.24, 2.45) is 0 Å². The van der Waals surface area contributed by atoms with Crippen molar-refractivity contribution in [2.75, 3.05) is 6.54 Å². The van der Waals surface area contributed by atoms with E-state index in [-0.39, 0.29) is 5.91 Å². The van der Waals surface area contributed by atoms with E-state index in [1.54, 1.807) is 11.3 Å². The molecule has 23 heavy (non-hydrogen) atoms. The third-order valence-electron chi connectivity index (χ3n) is 3.30. The molecule has 1 aromatic carbocycles. The number of thiazole rings is 1. The van der Waals surface area contributed by atoms with Gasteiger partial charge in [0.25, 0.3) is 5.91 Å². The molecule has 2 aromatic heterocycles. The first-order valence-electron chi connectivity index (χ1n) is 7.13. The van der Waals surface area contributed by atoms with Gasteiger partial charge in [0.2, 0.25) is 0 Å². The van der Waals surface area contributed by atoms with Crippen LogP contribution in [0.3, 0.4) is 0 Å². The van der Waals surface area contributed by atoms with E-state index in [1.807, 2.05) is 41.8 Å². The van der Waals surface area contributed by atoms with E-state index in [2.05, 4.69) is 15.3 Å². The van der Waals surface area contributed by atoms with Crippen LogP contribution in [0.15, 0.2) is 48.0 Å². The zero-order chi connectivity index (χ0) is 16.1. The van der Waals surface area contributed by atoms with Crippen molar-refractivity contribution in [1.82, 2.24) is 15.3 Å². The van der Waals surface area contributed by atoms with E-state index in [0.29, 0.717) is 24.2 Å². The standard InChI is InChI=1S/C17H14N4OS/c18-9-12-8-15(20-10-12)16(22)19-7-6-14-11-23-17(21-14)13-4-2-1-3-5-13/h1-5,8,10-11,20H,6-7H2,(H,19,22). The fourth-order valence-corrected chi connectivity index (χ4v) is 2.98. The normalized spacial score (nSPS) is 10.2. The number of benzene rings is 1. The molecule has 0 fully saturated rings. The van der Waals surface area contributed by atoms with Crippen molar-refractivity contribution in [3.05, 3.63) is 64.9 Å². The minimum absolute atomic E-state index is 0.218. The molecule has 0 aliphatic carbocycles. The number of nitrogens with one attached hydrogen (secondary N) is 2. The SMILES string of the molecule is N#Cc1c[nH]c(C(=O)NCCc2csc(-c3ccccc3)n2)c1. The summed E-state index contributed by atoms with van der Waals surface area (Å²) in [7, 11) is 0. The molecular weight excluding hydrogens is 308 g/mol. The van der Waals surface area contributed by atoms with Gasteiger partial charge in [-0.15, -0.1) is 11.3 Å². The first-order valence-corrected chi connectivity index (χ1v) is 8.01. The summed E-state index contributed by atoms with van der Waals surface area (Å²) in [6.07, 6.45) is 2.18. The topological polar surface area (TPSA) is 81.6 Å². The van der Waals surface area contributed by atoms with E-state index in [4.69, 9.17) is 5.26 Å². The van der Waals surface area contributed by atoms with E-state index < -0.39 is 0 Å². The molecule has 1 amide bonds. The molecule has 0 saturated carbocycles. The lowest BCUT2D eigenvalue weighted by molar-refractivity contribution is 0.0949. The Morgan fingerprint density at radius 1 is 1.35 bits per heavy atom. The number of aromatic nitrogens is 2. The Hall–Kier alpha value is -2.91. The van der Waals surface area contributed by atoms with Gasteiger partial charge in [0.1, 0.15) is 16.8 Å². The lowest BCUT2D eigenvalue weighted by Gasteiger charge is -2.01. The molecular formula is C17H14N4OS. The van der Waals surface area contributed by atoms with E-state index >= 15 is 0 Å². The third kappa shape index (κ3) is 3.65. The van der Waals surface area contributed by atoms with Crippen LogP contribution in [-0.2, 0) is 6.42 Å². The summed E-state index contributed by atoms with van der Waals surface area (Å²) in [4.78, 5) is 19.3. The summed E-state index contributed by atoms with van der Waals surface area (Å²) < 4.78 is 0. The number of nitrogens with zero attached hydrogens (tertiary/aromatic N) is 2. The van der Waals surface area contributed by atoms with E-state index in [9.17, 15) is 4.79 Å². The fourth-order valence-electron chi connectivity index (χ4n) is 2.12. The predicted octanol–water partition coefficient (Wildman–Crippen LogP) is 2.98. The van der Waals surface area contributed by atoms with Crippen molar-refractivity contribution in [3.8, 4) is 16.6 Å². The highest BCUT2D eigenvalue weighted by Gasteiger charge is 2.09. The lowest BCUT2D eigenvalue weighted by Crippen LogP contribution is -2.26. The highest BCUT2D eigenvalue weighted by Crippen LogP contribution is 2.23. The largest absolute Gasteiger partial charge is 0.356 e. The van der Waals surface area contributed by atoms with Crippen LogP contribution in [0, 0.1) is 11.3 Å². The van der Waals surface area contributed by atoms with Crippen LogP contribution in [0.4, 0.5) is 0 Å². The van der Waals surface area contributed by atoms with Gasteiger partial charge in [-0.2, -0.15) is 5.26 Å². The van der Waals surface area contributed by atoms with Gasteiger partial charge < -0.3 is 10.3 Å². The number of hydrogen-bond donors (Lipinski definition) is 2. The van der Waals surface area contributed by atoms with Crippen molar-refractivity contribution in [1.29, 1.82) is 5.26 Å². The van der Waals surface area contributed by atoms with Gasteiger partial charge in [0, 0.05) is 30.1 Å². The molecule has 0 radical (unpaired) electrons. The summed E-state index contributed by atoms with van der Waals surface area (Å²) in [5, 5.41) is 14.6. The molecule has 0 aliphatic rings. The first kappa shape index (κ1) is 15.0. The Kier molecular flexibility index (Phi) is 4.50. The zero-order valence-electron chi connectivity index (χ0n) is 12.2. The van der Waals surface area contributed by atoms with Gasteiger partial charge in [0.15, 0.2) is 0 Å². The van der Waals surface area contributed by atoms with Crippen molar-refractivity contribution >= 4 is 17.2 Å². The zero-order valence-corrected chi connectivity index (χ0v) is 13.1. The third-order valence-corrected chi connectivity index (χ3v) is 4.24. The van der Waals surface area contributed by atoms with Gasteiger partial charge in [0.05, 0.1) is 11.3 Å². The molecule has 6 heteroatoms. The molecule has 3 aromatic rings. The van der Waals surface area contributed by atoms with Gasteiger partial charge in [-0.05, 0) is 6.07 Å². The molecule has 0 bridgehead atoms. The number of aromatic amines is 1. The molecule has 5 nitrogen and oxygen atoms in total. The van der Waals surface area contributed by atoms with E-state index in [1.165, 1.54) is 12.3 Å². The molecule has 114 valence electrons. The maximum absolute atomic E-state index is 11.9. The van der Waals surface area contributed by atoms with Crippen LogP contribution in [-0.4, -0.2) is 22.4 Å². The molecule has 0 unspecified atom stereocenters. The molecule has 0 aliphatic heterocycles. The first-order chi connectivity index (χ1) is 11.3. The molecule has 2 heterocycles. The maximum atomic E-state index is 11.9. The van der Waals surface area contributed by atoms with Crippen LogP contribution in [0.2, 0.25) is 0 Å². The van der Waals surface area contributed by atoms with Crippen LogP contribution < -0.4 is 5.32 Å². The van der Waals surface area contributed by atoms with Crippen molar-refractivity contribution in [2.45, 2.75) is 6.42 Å². The summed E-state index contributed by atoms with van der Waals surface area (Å²) in [6.45, 7) is 0.498. The lowest BCUT2D eigenvalue weighted by atomic mass is 10.2. The van der Waals surface area contributed by atoms with Crippen LogP contribution >= 0.6 is 11.3 Å². The molecule has 0 saturated heterocycles. The molecule has 2 N–H and O–H groups in total. The summed E-state index contributed by atoms with van der Waals surface area (Å²) in [6, 6.07) is 13.5.